The lowest BCUT2D eigenvalue weighted by Crippen LogP contribution is -2.29. The number of primary sulfonamides is 1. The van der Waals surface area contributed by atoms with Crippen LogP contribution < -0.4 is 20.5 Å². The lowest BCUT2D eigenvalue weighted by Gasteiger charge is -2.12. The highest BCUT2D eigenvalue weighted by Crippen LogP contribution is 2.23. The predicted molar refractivity (Wildman–Crippen MR) is 115 cm³/mol. The van der Waals surface area contributed by atoms with Crippen molar-refractivity contribution in [2.75, 3.05) is 10.6 Å². The molecule has 0 saturated heterocycles. The Balaban J connectivity index is 1.65. The van der Waals surface area contributed by atoms with Crippen LogP contribution in [0.2, 0.25) is 0 Å². The summed E-state index contributed by atoms with van der Waals surface area (Å²) >= 11 is 0. The van der Waals surface area contributed by atoms with Crippen LogP contribution in [0.15, 0.2) is 66.0 Å². The minimum atomic E-state index is -3.75. The van der Waals surface area contributed by atoms with Crippen molar-refractivity contribution >= 4 is 33.0 Å². The van der Waals surface area contributed by atoms with Gasteiger partial charge in [-0.25, -0.2) is 18.5 Å². The van der Waals surface area contributed by atoms with E-state index in [-0.39, 0.29) is 4.90 Å². The van der Waals surface area contributed by atoms with Crippen molar-refractivity contribution < 1.29 is 18.4 Å². The number of benzene rings is 1. The highest BCUT2D eigenvalue weighted by Gasteiger charge is 2.12. The first-order valence-corrected chi connectivity index (χ1v) is 11.1. The molecule has 4 rings (SSSR count). The molecule has 0 aliphatic rings. The van der Waals surface area contributed by atoms with Crippen molar-refractivity contribution in [3.63, 3.8) is 0 Å². The summed E-state index contributed by atoms with van der Waals surface area (Å²) in [4.78, 5) is 4.70. The molecule has 3 heterocycles. The van der Waals surface area contributed by atoms with Crippen LogP contribution in [0, 0.1) is 0 Å². The third-order valence-electron chi connectivity index (χ3n) is 4.70. The van der Waals surface area contributed by atoms with Gasteiger partial charge in [-0.15, -0.1) is 0 Å². The quantitative estimate of drug-likeness (QED) is 0.254. The highest BCUT2D eigenvalue weighted by molar-refractivity contribution is 7.89. The van der Waals surface area contributed by atoms with Crippen molar-refractivity contribution in [1.29, 1.82) is 0 Å². The second-order valence-electron chi connectivity index (χ2n) is 6.93. The van der Waals surface area contributed by atoms with Crippen molar-refractivity contribution in [2.45, 2.75) is 24.8 Å². The van der Waals surface area contributed by atoms with E-state index in [0.29, 0.717) is 29.5 Å². The molecule has 0 unspecified atom stereocenters. The zero-order valence-corrected chi connectivity index (χ0v) is 17.5. The van der Waals surface area contributed by atoms with Gasteiger partial charge >= 0.3 is 0 Å². The monoisotopic (exact) mass is 440 g/mol. The largest absolute Gasteiger partial charge is 0.366 e. The van der Waals surface area contributed by atoms with Gasteiger partial charge in [0.05, 0.1) is 11.1 Å². The Kier molecular flexibility index (Phi) is 5.44. The number of fused-ring (bicyclic) bond motifs is 1. The number of nitrogens with one attached hydrogen (secondary N) is 2. The number of anilines is 3. The summed E-state index contributed by atoms with van der Waals surface area (Å²) in [5, 5.41) is 25.7. The fourth-order valence-corrected chi connectivity index (χ4v) is 3.65. The van der Waals surface area contributed by atoms with E-state index in [1.54, 1.807) is 41.3 Å². The van der Waals surface area contributed by atoms with Gasteiger partial charge in [-0.1, -0.05) is 6.92 Å². The van der Waals surface area contributed by atoms with E-state index in [4.69, 9.17) is 5.14 Å². The van der Waals surface area contributed by atoms with Gasteiger partial charge in [-0.05, 0) is 36.8 Å². The molecule has 1 aromatic carbocycles. The van der Waals surface area contributed by atoms with Crippen molar-refractivity contribution in [1.82, 2.24) is 14.6 Å². The van der Waals surface area contributed by atoms with Gasteiger partial charge in [0.15, 0.2) is 5.65 Å². The van der Waals surface area contributed by atoms with Gasteiger partial charge in [0.1, 0.15) is 11.6 Å². The molecule has 0 amide bonds. The highest BCUT2D eigenvalue weighted by atomic mass is 32.2. The van der Waals surface area contributed by atoms with E-state index in [9.17, 15) is 13.6 Å². The average molecular weight is 441 g/mol. The Morgan fingerprint density at radius 3 is 2.68 bits per heavy atom. The summed E-state index contributed by atoms with van der Waals surface area (Å²) < 4.78 is 25.6. The molecule has 0 aliphatic carbocycles. The van der Waals surface area contributed by atoms with Crippen molar-refractivity contribution in [3.8, 4) is 0 Å². The molecular weight excluding hydrogens is 418 g/mol. The molecule has 11 heteroatoms. The summed E-state index contributed by atoms with van der Waals surface area (Å²) in [6.07, 6.45) is 5.70. The first-order chi connectivity index (χ1) is 14.8. The van der Waals surface area contributed by atoms with Crippen LogP contribution in [0.4, 0.5) is 17.3 Å². The summed E-state index contributed by atoms with van der Waals surface area (Å²) in [5.41, 5.74) is 3.24. The number of aromatic nitrogens is 4. The van der Waals surface area contributed by atoms with E-state index in [1.807, 2.05) is 19.1 Å². The lowest BCUT2D eigenvalue weighted by atomic mass is 10.2. The molecule has 10 nitrogen and oxygen atoms in total. The Morgan fingerprint density at radius 2 is 2.00 bits per heavy atom. The van der Waals surface area contributed by atoms with E-state index < -0.39 is 10.0 Å². The summed E-state index contributed by atoms with van der Waals surface area (Å²) in [5.74, 6) is 1.28. The first-order valence-electron chi connectivity index (χ1n) is 9.54. The fraction of sp³-hybridized carbons (Fsp3) is 0.150. The van der Waals surface area contributed by atoms with Crippen LogP contribution in [0.5, 0.6) is 0 Å². The van der Waals surface area contributed by atoms with Gasteiger partial charge < -0.3 is 10.6 Å². The van der Waals surface area contributed by atoms with Crippen LogP contribution in [0.1, 0.15) is 18.1 Å². The van der Waals surface area contributed by atoms with Gasteiger partial charge in [0.25, 0.3) is 0 Å². The molecule has 0 aliphatic heterocycles. The molecule has 0 spiro atoms. The zero-order valence-electron chi connectivity index (χ0n) is 16.7. The Bertz CT molecular complexity index is 1330. The molecule has 0 saturated carbocycles. The Labute approximate surface area is 179 Å². The predicted octanol–water partition coefficient (Wildman–Crippen LogP) is 1.82. The molecule has 0 atom stereocenters. The van der Waals surface area contributed by atoms with E-state index in [0.717, 1.165) is 22.3 Å². The summed E-state index contributed by atoms with van der Waals surface area (Å²) in [6.45, 7) is 2.49. The molecule has 4 aromatic rings. The molecule has 3 aromatic heterocycles. The van der Waals surface area contributed by atoms with Crippen LogP contribution in [-0.4, -0.2) is 28.2 Å². The second-order valence-corrected chi connectivity index (χ2v) is 8.49. The van der Waals surface area contributed by atoms with E-state index >= 15 is 0 Å². The smallest absolute Gasteiger partial charge is 0.238 e. The van der Waals surface area contributed by atoms with Crippen molar-refractivity contribution in [3.05, 3.63) is 72.2 Å². The minimum Gasteiger partial charge on any atom is -0.366 e. The Hall–Kier alpha value is -3.70. The third-order valence-corrected chi connectivity index (χ3v) is 5.63. The lowest BCUT2D eigenvalue weighted by molar-refractivity contribution is -0.905. The first kappa shape index (κ1) is 20.6. The summed E-state index contributed by atoms with van der Waals surface area (Å²) in [7, 11) is -3.75. The number of pyridine rings is 1. The molecule has 0 radical (unpaired) electrons. The maximum absolute atomic E-state index is 11.5. The SMILES string of the molecule is CCc1cnn2c(NCc3ccc[n+](O)c3)cc(Nc3ccc(S(N)(=O)=O)cc3)nc12. The topological polar surface area (TPSA) is 139 Å². The number of nitrogens with zero attached hydrogens (tertiary/aromatic N) is 4. The van der Waals surface area contributed by atoms with Crippen LogP contribution in [0.25, 0.3) is 5.65 Å². The number of nitrogens with two attached hydrogens (primary N) is 1. The average Bonchev–Trinajstić information content (AvgIpc) is 3.15. The van der Waals surface area contributed by atoms with Gasteiger partial charge in [-0.3, -0.25) is 5.21 Å². The standard InChI is InChI=1S/C20H22N7O3S/c1-2-15-12-23-27-19(22-11-14-4-3-9-26(28)13-14)10-18(25-20(15)27)24-16-5-7-17(8-6-16)31(21,29)30/h3-10,12-13,22,28H,2,11H2,1H3,(H,24,25)(H2,21,29,30)/q+1. The van der Waals surface area contributed by atoms with E-state index in [1.165, 1.54) is 12.1 Å². The molecule has 0 bridgehead atoms. The molecular formula is C20H22N7O3S+. The van der Waals surface area contributed by atoms with Crippen LogP contribution in [-0.2, 0) is 23.0 Å². The normalized spacial score (nSPS) is 11.5. The number of hydrogen-bond donors (Lipinski definition) is 4. The van der Waals surface area contributed by atoms with E-state index in [2.05, 4.69) is 20.7 Å². The number of aryl methyl sites for hydroxylation is 1. The number of rotatable bonds is 7. The van der Waals surface area contributed by atoms with Gasteiger partial charge in [0.2, 0.25) is 22.4 Å². The van der Waals surface area contributed by atoms with Gasteiger partial charge in [0, 0.05) is 40.2 Å². The third kappa shape index (κ3) is 4.57. The Morgan fingerprint density at radius 1 is 1.23 bits per heavy atom. The van der Waals surface area contributed by atoms with Crippen LogP contribution >= 0.6 is 0 Å². The maximum Gasteiger partial charge on any atom is 0.238 e. The van der Waals surface area contributed by atoms with Crippen molar-refractivity contribution in [2.24, 2.45) is 5.14 Å². The van der Waals surface area contributed by atoms with Crippen LogP contribution in [0.3, 0.4) is 0 Å². The summed E-state index contributed by atoms with van der Waals surface area (Å²) in [6, 6.07) is 11.6. The van der Waals surface area contributed by atoms with Gasteiger partial charge in [-0.2, -0.15) is 9.61 Å². The molecule has 160 valence electrons. The fourth-order valence-electron chi connectivity index (χ4n) is 3.13. The number of sulfonamides is 1. The molecule has 5 N–H and O–H groups in total. The minimum absolute atomic E-state index is 0.0388. The second kappa shape index (κ2) is 8.20. The number of hydrogen-bond acceptors (Lipinski definition) is 7. The molecule has 0 fully saturated rings. The zero-order chi connectivity index (χ0) is 22.0. The maximum atomic E-state index is 11.5. The molecule has 31 heavy (non-hydrogen) atoms.